The Bertz CT molecular complexity index is 568. The van der Waals surface area contributed by atoms with Crippen LogP contribution in [0.3, 0.4) is 0 Å². The van der Waals surface area contributed by atoms with Crippen molar-refractivity contribution < 1.29 is 0 Å². The molecule has 1 heterocycles. The maximum absolute atomic E-state index is 4.96. The number of benzene rings is 1. The van der Waals surface area contributed by atoms with Crippen molar-refractivity contribution in [1.82, 2.24) is 10.3 Å². The molecule has 112 valence electrons. The number of thiazole rings is 1. The van der Waals surface area contributed by atoms with Crippen LogP contribution in [0.1, 0.15) is 55.8 Å². The van der Waals surface area contributed by atoms with Crippen LogP contribution in [0.2, 0.25) is 0 Å². The van der Waals surface area contributed by atoms with Gasteiger partial charge in [-0.15, -0.1) is 11.3 Å². The van der Waals surface area contributed by atoms with Crippen molar-refractivity contribution >= 4 is 11.3 Å². The van der Waals surface area contributed by atoms with Crippen molar-refractivity contribution in [3.8, 4) is 0 Å². The van der Waals surface area contributed by atoms with Gasteiger partial charge in [0.05, 0.1) is 5.69 Å². The van der Waals surface area contributed by atoms with E-state index in [1.165, 1.54) is 29.1 Å². The smallest absolute Gasteiger partial charge is 0.103 e. The highest BCUT2D eigenvalue weighted by molar-refractivity contribution is 7.09. The minimum atomic E-state index is 0.0732. The Morgan fingerprint density at radius 2 is 1.90 bits per heavy atom. The van der Waals surface area contributed by atoms with Gasteiger partial charge in [-0.1, -0.05) is 44.2 Å². The molecule has 1 aromatic heterocycles. The molecular weight excluding hydrogens is 276 g/mol. The van der Waals surface area contributed by atoms with Gasteiger partial charge < -0.3 is 5.32 Å². The summed E-state index contributed by atoms with van der Waals surface area (Å²) in [5.41, 5.74) is 2.67. The number of aromatic nitrogens is 1. The second-order valence-electron chi connectivity index (χ2n) is 5.95. The highest BCUT2D eigenvalue weighted by Gasteiger charge is 2.33. The van der Waals surface area contributed by atoms with Crippen LogP contribution in [-0.2, 0) is 12.0 Å². The van der Waals surface area contributed by atoms with Gasteiger partial charge in [-0.25, -0.2) is 4.98 Å². The lowest BCUT2D eigenvalue weighted by molar-refractivity contribution is 0.474. The minimum Gasteiger partial charge on any atom is -0.308 e. The molecule has 0 saturated heterocycles. The summed E-state index contributed by atoms with van der Waals surface area (Å²) < 4.78 is 0. The predicted octanol–water partition coefficient (Wildman–Crippen LogP) is 4.50. The van der Waals surface area contributed by atoms with Gasteiger partial charge in [-0.05, 0) is 31.2 Å². The Balaban J connectivity index is 1.86. The largest absolute Gasteiger partial charge is 0.308 e. The van der Waals surface area contributed by atoms with E-state index in [2.05, 4.69) is 54.9 Å². The zero-order chi connectivity index (χ0) is 14.7. The van der Waals surface area contributed by atoms with Gasteiger partial charge in [-0.3, -0.25) is 0 Å². The fourth-order valence-electron chi connectivity index (χ4n) is 2.99. The molecule has 1 N–H and O–H groups in total. The van der Waals surface area contributed by atoms with Crippen molar-refractivity contribution in [2.24, 2.45) is 0 Å². The molecule has 0 bridgehead atoms. The summed E-state index contributed by atoms with van der Waals surface area (Å²) in [7, 11) is 0. The van der Waals surface area contributed by atoms with Crippen LogP contribution < -0.4 is 5.32 Å². The molecule has 0 amide bonds. The van der Waals surface area contributed by atoms with Crippen molar-refractivity contribution in [2.75, 3.05) is 0 Å². The van der Waals surface area contributed by atoms with Gasteiger partial charge in [0.15, 0.2) is 0 Å². The van der Waals surface area contributed by atoms with Crippen LogP contribution in [0.15, 0.2) is 35.7 Å². The Morgan fingerprint density at radius 3 is 2.52 bits per heavy atom. The first-order valence-electron chi connectivity index (χ1n) is 8.02. The first-order valence-corrected chi connectivity index (χ1v) is 8.90. The quantitative estimate of drug-likeness (QED) is 0.814. The van der Waals surface area contributed by atoms with Gasteiger partial charge in [0.25, 0.3) is 0 Å². The topological polar surface area (TPSA) is 24.9 Å². The molecule has 1 aliphatic rings. The Morgan fingerprint density at radius 1 is 1.19 bits per heavy atom. The van der Waals surface area contributed by atoms with E-state index in [0.717, 1.165) is 25.4 Å². The fraction of sp³-hybridized carbons (Fsp3) is 0.500. The molecule has 1 fully saturated rings. The van der Waals surface area contributed by atoms with Crippen LogP contribution >= 0.6 is 11.3 Å². The van der Waals surface area contributed by atoms with Gasteiger partial charge in [0.2, 0.25) is 0 Å². The van der Waals surface area contributed by atoms with E-state index in [4.69, 9.17) is 4.98 Å². The second kappa shape index (κ2) is 6.29. The van der Waals surface area contributed by atoms with Gasteiger partial charge in [0, 0.05) is 23.4 Å². The maximum atomic E-state index is 4.96. The first-order chi connectivity index (χ1) is 10.3. The van der Waals surface area contributed by atoms with E-state index in [9.17, 15) is 0 Å². The van der Waals surface area contributed by atoms with E-state index < -0.39 is 0 Å². The molecule has 3 rings (SSSR count). The normalized spacial score (nSPS) is 15.3. The SMILES string of the molecule is CCC(CC)(c1ccccc1)c1nc(CNC2CC2)cs1. The summed E-state index contributed by atoms with van der Waals surface area (Å²) in [5.74, 6) is 0. The molecule has 0 unspecified atom stereocenters. The van der Waals surface area contributed by atoms with Crippen LogP contribution in [0, 0.1) is 0 Å². The van der Waals surface area contributed by atoms with Crippen molar-refractivity contribution in [3.63, 3.8) is 0 Å². The summed E-state index contributed by atoms with van der Waals surface area (Å²) in [6.07, 6.45) is 4.84. The van der Waals surface area contributed by atoms with Gasteiger partial charge >= 0.3 is 0 Å². The second-order valence-corrected chi connectivity index (χ2v) is 6.81. The van der Waals surface area contributed by atoms with E-state index >= 15 is 0 Å². The molecular formula is C18H24N2S. The lowest BCUT2D eigenvalue weighted by atomic mass is 9.76. The molecule has 0 radical (unpaired) electrons. The summed E-state index contributed by atoms with van der Waals surface area (Å²) >= 11 is 1.82. The van der Waals surface area contributed by atoms with E-state index in [-0.39, 0.29) is 5.41 Å². The maximum Gasteiger partial charge on any atom is 0.103 e. The monoisotopic (exact) mass is 300 g/mol. The molecule has 1 saturated carbocycles. The average molecular weight is 300 g/mol. The lowest BCUT2D eigenvalue weighted by Crippen LogP contribution is -2.26. The highest BCUT2D eigenvalue weighted by Crippen LogP contribution is 2.40. The fourth-order valence-corrected chi connectivity index (χ4v) is 4.17. The number of hydrogen-bond donors (Lipinski definition) is 1. The van der Waals surface area contributed by atoms with Gasteiger partial charge in [-0.2, -0.15) is 0 Å². The van der Waals surface area contributed by atoms with Gasteiger partial charge in [0.1, 0.15) is 5.01 Å². The van der Waals surface area contributed by atoms with E-state index in [0.29, 0.717) is 0 Å². The molecule has 2 nitrogen and oxygen atoms in total. The van der Waals surface area contributed by atoms with Crippen LogP contribution in [0.5, 0.6) is 0 Å². The van der Waals surface area contributed by atoms with E-state index in [1.807, 2.05) is 11.3 Å². The molecule has 2 aromatic rings. The summed E-state index contributed by atoms with van der Waals surface area (Å²) in [6.45, 7) is 5.47. The first kappa shape index (κ1) is 14.7. The molecule has 1 aliphatic carbocycles. The Labute approximate surface area is 131 Å². The third kappa shape index (κ3) is 3.04. The van der Waals surface area contributed by atoms with Crippen LogP contribution in [0.4, 0.5) is 0 Å². The Hall–Kier alpha value is -1.19. The molecule has 0 aliphatic heterocycles. The number of nitrogens with one attached hydrogen (secondary N) is 1. The standard InChI is InChI=1S/C18H24N2S/c1-3-18(4-2,14-8-6-5-7-9-14)17-20-16(13-21-17)12-19-15-10-11-15/h5-9,13,15,19H,3-4,10-12H2,1-2H3. The predicted molar refractivity (Wildman–Crippen MR) is 89.8 cm³/mol. The molecule has 0 spiro atoms. The van der Waals surface area contributed by atoms with Crippen LogP contribution in [0.25, 0.3) is 0 Å². The zero-order valence-electron chi connectivity index (χ0n) is 12.9. The third-order valence-electron chi connectivity index (χ3n) is 4.64. The van der Waals surface area contributed by atoms with Crippen molar-refractivity contribution in [2.45, 2.75) is 57.5 Å². The highest BCUT2D eigenvalue weighted by atomic mass is 32.1. The summed E-state index contributed by atoms with van der Waals surface area (Å²) in [6, 6.07) is 11.6. The molecule has 21 heavy (non-hydrogen) atoms. The van der Waals surface area contributed by atoms with Crippen molar-refractivity contribution in [3.05, 3.63) is 52.0 Å². The summed E-state index contributed by atoms with van der Waals surface area (Å²) in [4.78, 5) is 4.96. The average Bonchev–Trinajstić information content (AvgIpc) is 3.26. The molecule has 0 atom stereocenters. The number of nitrogens with zero attached hydrogens (tertiary/aromatic N) is 1. The zero-order valence-corrected chi connectivity index (χ0v) is 13.7. The van der Waals surface area contributed by atoms with Crippen molar-refractivity contribution in [1.29, 1.82) is 0 Å². The minimum absolute atomic E-state index is 0.0732. The lowest BCUT2D eigenvalue weighted by Gasteiger charge is -2.30. The van der Waals surface area contributed by atoms with Crippen LogP contribution in [-0.4, -0.2) is 11.0 Å². The van der Waals surface area contributed by atoms with E-state index in [1.54, 1.807) is 0 Å². The third-order valence-corrected chi connectivity index (χ3v) is 5.74. The summed E-state index contributed by atoms with van der Waals surface area (Å²) in [5, 5.41) is 7.06. The number of rotatable bonds is 7. The number of hydrogen-bond acceptors (Lipinski definition) is 3. The molecule has 1 aromatic carbocycles. The molecule has 3 heteroatoms. The Kier molecular flexibility index (Phi) is 4.41.